The zero-order valence-corrected chi connectivity index (χ0v) is 12.3. The number of rotatable bonds is 3. The molecule has 0 bridgehead atoms. The number of hydrogen-bond acceptors (Lipinski definition) is 6. The van der Waals surface area contributed by atoms with E-state index in [1.54, 1.807) is 11.3 Å². The third-order valence-electron chi connectivity index (χ3n) is 3.20. The molecular weight excluding hydrogens is 284 g/mol. The van der Waals surface area contributed by atoms with Gasteiger partial charge in [-0.25, -0.2) is 0 Å². The predicted octanol–water partition coefficient (Wildman–Crippen LogP) is 1.72. The first-order chi connectivity index (χ1) is 8.83. The van der Waals surface area contributed by atoms with Crippen LogP contribution in [0.5, 0.6) is 0 Å². The summed E-state index contributed by atoms with van der Waals surface area (Å²) < 4.78 is 5.33. The minimum Gasteiger partial charge on any atom is -0.339 e. The van der Waals surface area contributed by atoms with Crippen LogP contribution >= 0.6 is 23.7 Å². The Bertz CT molecular complexity index is 502. The van der Waals surface area contributed by atoms with Gasteiger partial charge in [0.15, 0.2) is 5.82 Å². The Morgan fingerprint density at radius 3 is 3.21 bits per heavy atom. The van der Waals surface area contributed by atoms with E-state index in [-0.39, 0.29) is 18.4 Å². The van der Waals surface area contributed by atoms with E-state index in [0.717, 1.165) is 31.9 Å². The third kappa shape index (κ3) is 3.33. The van der Waals surface area contributed by atoms with Crippen molar-refractivity contribution in [2.45, 2.75) is 12.5 Å². The Balaban J connectivity index is 0.00000133. The van der Waals surface area contributed by atoms with Gasteiger partial charge in [0.05, 0.1) is 12.5 Å². The van der Waals surface area contributed by atoms with Crippen molar-refractivity contribution in [2.75, 3.05) is 26.7 Å². The van der Waals surface area contributed by atoms with E-state index in [0.29, 0.717) is 5.89 Å². The van der Waals surface area contributed by atoms with E-state index in [1.165, 1.54) is 4.88 Å². The molecule has 1 fully saturated rings. The number of thiophene rings is 1. The fourth-order valence-corrected chi connectivity index (χ4v) is 2.83. The summed E-state index contributed by atoms with van der Waals surface area (Å²) in [7, 11) is 2.10. The van der Waals surface area contributed by atoms with E-state index in [9.17, 15) is 0 Å². The topological polar surface area (TPSA) is 54.2 Å². The number of piperazine rings is 1. The summed E-state index contributed by atoms with van der Waals surface area (Å²) in [6.45, 7) is 2.92. The quantitative estimate of drug-likeness (QED) is 0.935. The molecule has 1 unspecified atom stereocenters. The molecule has 0 aliphatic carbocycles. The van der Waals surface area contributed by atoms with Crippen LogP contribution in [0.3, 0.4) is 0 Å². The molecule has 1 atom stereocenters. The first kappa shape index (κ1) is 14.5. The molecule has 0 aromatic carbocycles. The second-order valence-electron chi connectivity index (χ2n) is 4.50. The molecule has 2 aromatic rings. The molecule has 0 radical (unpaired) electrons. The van der Waals surface area contributed by atoms with Crippen LogP contribution in [0.2, 0.25) is 0 Å². The van der Waals surface area contributed by atoms with E-state index >= 15 is 0 Å². The molecule has 0 saturated carbocycles. The molecule has 19 heavy (non-hydrogen) atoms. The molecule has 104 valence electrons. The van der Waals surface area contributed by atoms with Gasteiger partial charge >= 0.3 is 0 Å². The highest BCUT2D eigenvalue weighted by Crippen LogP contribution is 2.19. The Morgan fingerprint density at radius 2 is 2.47 bits per heavy atom. The maximum Gasteiger partial charge on any atom is 0.231 e. The SMILES string of the molecule is CN1CCNCC1c1noc(Cc2cccs2)n1.Cl. The van der Waals surface area contributed by atoms with E-state index < -0.39 is 0 Å². The molecule has 1 aliphatic heterocycles. The number of hydrogen-bond donors (Lipinski definition) is 1. The van der Waals surface area contributed by atoms with Crippen molar-refractivity contribution in [3.8, 4) is 0 Å². The van der Waals surface area contributed by atoms with Crippen LogP contribution in [0.4, 0.5) is 0 Å². The molecule has 2 aromatic heterocycles. The third-order valence-corrected chi connectivity index (χ3v) is 4.07. The van der Waals surface area contributed by atoms with Crippen molar-refractivity contribution in [3.05, 3.63) is 34.1 Å². The van der Waals surface area contributed by atoms with Gasteiger partial charge in [-0.15, -0.1) is 23.7 Å². The predicted molar refractivity (Wildman–Crippen MR) is 76.9 cm³/mol. The monoisotopic (exact) mass is 300 g/mol. The molecule has 5 nitrogen and oxygen atoms in total. The largest absolute Gasteiger partial charge is 0.339 e. The van der Waals surface area contributed by atoms with E-state index in [1.807, 2.05) is 6.07 Å². The second kappa shape index (κ2) is 6.47. The van der Waals surface area contributed by atoms with Crippen molar-refractivity contribution in [1.82, 2.24) is 20.4 Å². The molecule has 7 heteroatoms. The van der Waals surface area contributed by atoms with E-state index in [4.69, 9.17) is 4.52 Å². The summed E-state index contributed by atoms with van der Waals surface area (Å²) in [5, 5.41) is 9.53. The highest BCUT2D eigenvalue weighted by atomic mass is 35.5. The lowest BCUT2D eigenvalue weighted by Crippen LogP contribution is -2.44. The Morgan fingerprint density at radius 1 is 1.58 bits per heavy atom. The molecule has 0 amide bonds. The number of likely N-dealkylation sites (N-methyl/N-ethyl adjacent to an activating group) is 1. The Kier molecular flexibility index (Phi) is 4.93. The molecule has 1 aliphatic rings. The molecule has 0 spiro atoms. The van der Waals surface area contributed by atoms with Gasteiger partial charge in [0, 0.05) is 24.5 Å². The minimum atomic E-state index is 0. The lowest BCUT2D eigenvalue weighted by molar-refractivity contribution is 0.190. The first-order valence-corrected chi connectivity index (χ1v) is 6.97. The summed E-state index contributed by atoms with van der Waals surface area (Å²) in [5.74, 6) is 1.49. The van der Waals surface area contributed by atoms with Crippen LogP contribution in [0.1, 0.15) is 22.6 Å². The van der Waals surface area contributed by atoms with Gasteiger partial charge in [0.2, 0.25) is 5.89 Å². The molecule has 1 saturated heterocycles. The van der Waals surface area contributed by atoms with Crippen LogP contribution < -0.4 is 5.32 Å². The van der Waals surface area contributed by atoms with Crippen molar-refractivity contribution in [1.29, 1.82) is 0 Å². The maximum atomic E-state index is 5.33. The highest BCUT2D eigenvalue weighted by molar-refractivity contribution is 7.09. The average molecular weight is 301 g/mol. The maximum absolute atomic E-state index is 5.33. The number of nitrogens with one attached hydrogen (secondary N) is 1. The van der Waals surface area contributed by atoms with Crippen LogP contribution in [0.25, 0.3) is 0 Å². The Labute approximate surface area is 122 Å². The van der Waals surface area contributed by atoms with Gasteiger partial charge in [-0.3, -0.25) is 4.90 Å². The fraction of sp³-hybridized carbons (Fsp3) is 0.500. The van der Waals surface area contributed by atoms with Gasteiger partial charge in [0.1, 0.15) is 0 Å². The van der Waals surface area contributed by atoms with Crippen LogP contribution in [0.15, 0.2) is 22.0 Å². The highest BCUT2D eigenvalue weighted by Gasteiger charge is 2.25. The van der Waals surface area contributed by atoms with Gasteiger partial charge in [-0.2, -0.15) is 4.98 Å². The van der Waals surface area contributed by atoms with Crippen LogP contribution in [0, 0.1) is 0 Å². The number of nitrogens with zero attached hydrogens (tertiary/aromatic N) is 3. The summed E-state index contributed by atoms with van der Waals surface area (Å²) in [6.07, 6.45) is 0.731. The van der Waals surface area contributed by atoms with Crippen molar-refractivity contribution >= 4 is 23.7 Å². The number of halogens is 1. The molecule has 3 heterocycles. The van der Waals surface area contributed by atoms with Crippen LogP contribution in [-0.4, -0.2) is 41.7 Å². The summed E-state index contributed by atoms with van der Waals surface area (Å²) >= 11 is 1.71. The lowest BCUT2D eigenvalue weighted by Gasteiger charge is -2.30. The minimum absolute atomic E-state index is 0. The van der Waals surface area contributed by atoms with Gasteiger partial charge < -0.3 is 9.84 Å². The van der Waals surface area contributed by atoms with Crippen molar-refractivity contribution in [2.24, 2.45) is 0 Å². The van der Waals surface area contributed by atoms with Gasteiger partial charge in [0.25, 0.3) is 0 Å². The van der Waals surface area contributed by atoms with E-state index in [2.05, 4.69) is 38.9 Å². The summed E-state index contributed by atoms with van der Waals surface area (Å²) in [5.41, 5.74) is 0. The summed E-state index contributed by atoms with van der Waals surface area (Å²) in [6, 6.07) is 4.35. The molecular formula is C12H17ClN4OS. The van der Waals surface area contributed by atoms with Crippen LogP contribution in [-0.2, 0) is 6.42 Å². The van der Waals surface area contributed by atoms with Gasteiger partial charge in [-0.05, 0) is 18.5 Å². The lowest BCUT2D eigenvalue weighted by atomic mass is 10.2. The zero-order valence-electron chi connectivity index (χ0n) is 10.7. The van der Waals surface area contributed by atoms with Gasteiger partial charge in [-0.1, -0.05) is 11.2 Å². The fourth-order valence-electron chi connectivity index (χ4n) is 2.13. The zero-order chi connectivity index (χ0) is 12.4. The average Bonchev–Trinajstić information content (AvgIpc) is 3.02. The normalized spacial score (nSPS) is 20.2. The summed E-state index contributed by atoms with van der Waals surface area (Å²) in [4.78, 5) is 8.02. The number of aromatic nitrogens is 2. The van der Waals surface area contributed by atoms with Crippen molar-refractivity contribution < 1.29 is 4.52 Å². The molecule has 1 N–H and O–H groups in total. The first-order valence-electron chi connectivity index (χ1n) is 6.09. The van der Waals surface area contributed by atoms with Crippen molar-refractivity contribution in [3.63, 3.8) is 0 Å². The Hall–Kier alpha value is -0.950. The second-order valence-corrected chi connectivity index (χ2v) is 5.54. The standard InChI is InChI=1S/C12H16N4OS.ClH/c1-16-5-4-13-8-10(16)12-14-11(17-15-12)7-9-3-2-6-18-9;/h2-3,6,10,13H,4-5,7-8H2,1H3;1H. The molecule has 3 rings (SSSR count). The smallest absolute Gasteiger partial charge is 0.231 e.